The molecule has 9 heteroatoms. The monoisotopic (exact) mass is 589 g/mol. The molecule has 226 valence electrons. The van der Waals surface area contributed by atoms with Crippen molar-refractivity contribution in [2.75, 3.05) is 6.54 Å². The molecule has 2 unspecified atom stereocenters. The van der Waals surface area contributed by atoms with Gasteiger partial charge in [-0.05, 0) is 53.8 Å². The minimum absolute atomic E-state index is 0.0238. The summed E-state index contributed by atoms with van der Waals surface area (Å²) >= 11 is 0. The number of carbonyl (C=O) groups excluding carboxylic acids is 1. The van der Waals surface area contributed by atoms with Crippen molar-refractivity contribution in [1.82, 2.24) is 15.2 Å². The van der Waals surface area contributed by atoms with E-state index >= 15 is 0 Å². The number of rotatable bonds is 12. The Hall–Kier alpha value is -4.50. The number of halogens is 2. The Morgan fingerprint density at radius 3 is 2.21 bits per heavy atom. The number of aliphatic carboxylic acids is 1. The van der Waals surface area contributed by atoms with Gasteiger partial charge in [0.25, 0.3) is 0 Å². The Bertz CT molecular complexity index is 1520. The first-order valence-electron chi connectivity index (χ1n) is 14.1. The van der Waals surface area contributed by atoms with Crippen LogP contribution in [0, 0.1) is 17.0 Å². The third-order valence-electron chi connectivity index (χ3n) is 7.11. The number of nitrogens with one attached hydrogen (secondary N) is 2. The molecule has 7 nitrogen and oxygen atoms in total. The quantitative estimate of drug-likeness (QED) is 0.167. The molecule has 0 aliphatic carbocycles. The summed E-state index contributed by atoms with van der Waals surface area (Å²) in [5, 5.41) is 15.7. The molecule has 1 aromatic heterocycles. The third-order valence-corrected chi connectivity index (χ3v) is 7.11. The Morgan fingerprint density at radius 2 is 1.58 bits per heavy atom. The molecule has 0 spiro atoms. The average Bonchev–Trinajstić information content (AvgIpc) is 3.37. The molecule has 0 radical (unpaired) electrons. The highest BCUT2D eigenvalue weighted by Gasteiger charge is 2.30. The fourth-order valence-electron chi connectivity index (χ4n) is 4.94. The van der Waals surface area contributed by atoms with Gasteiger partial charge in [0.2, 0.25) is 0 Å². The Kier molecular flexibility index (Phi) is 10.3. The van der Waals surface area contributed by atoms with Crippen molar-refractivity contribution in [2.45, 2.75) is 52.4 Å². The second-order valence-corrected chi connectivity index (χ2v) is 11.5. The summed E-state index contributed by atoms with van der Waals surface area (Å²) in [4.78, 5) is 24.3. The molecule has 0 aliphatic rings. The van der Waals surface area contributed by atoms with Crippen LogP contribution in [0.15, 0.2) is 91.1 Å². The number of hydrogen-bond acceptors (Lipinski definition) is 4. The largest absolute Gasteiger partial charge is 0.480 e. The van der Waals surface area contributed by atoms with Crippen molar-refractivity contribution in [3.8, 4) is 11.1 Å². The number of aromatic nitrogens is 1. The van der Waals surface area contributed by atoms with E-state index in [1.54, 1.807) is 12.1 Å². The molecule has 4 aromatic rings. The molecule has 0 fully saturated rings. The first-order valence-corrected chi connectivity index (χ1v) is 14.1. The number of carboxylic acid groups (broad SMARTS) is 1. The van der Waals surface area contributed by atoms with Gasteiger partial charge in [-0.15, -0.1) is 0 Å². The van der Waals surface area contributed by atoms with E-state index in [0.717, 1.165) is 29.0 Å². The summed E-state index contributed by atoms with van der Waals surface area (Å²) in [7, 11) is 0. The Morgan fingerprint density at radius 1 is 0.930 bits per heavy atom. The van der Waals surface area contributed by atoms with E-state index in [1.807, 2.05) is 86.1 Å². The topological polar surface area (TPSA) is 92.6 Å². The highest BCUT2D eigenvalue weighted by atomic mass is 19.1. The van der Waals surface area contributed by atoms with Crippen LogP contribution in [-0.4, -0.2) is 34.3 Å². The van der Waals surface area contributed by atoms with Crippen molar-refractivity contribution >= 4 is 12.1 Å². The molecular weight excluding hydrogens is 552 g/mol. The van der Waals surface area contributed by atoms with Crippen molar-refractivity contribution < 1.29 is 28.2 Å². The summed E-state index contributed by atoms with van der Waals surface area (Å²) < 4.78 is 36.1. The van der Waals surface area contributed by atoms with Gasteiger partial charge in [-0.3, -0.25) is 0 Å². The maximum Gasteiger partial charge on any atom is 0.408 e. The molecule has 3 aromatic carbocycles. The first-order chi connectivity index (χ1) is 20.5. The van der Waals surface area contributed by atoms with Crippen LogP contribution in [-0.2, 0) is 22.7 Å². The molecule has 3 N–H and O–H groups in total. The number of alkyl carbamates (subject to hydrolysis) is 1. The number of hydrogen-bond donors (Lipinski definition) is 3. The van der Waals surface area contributed by atoms with Gasteiger partial charge in [0.15, 0.2) is 0 Å². The van der Waals surface area contributed by atoms with Gasteiger partial charge in [0.1, 0.15) is 24.3 Å². The lowest BCUT2D eigenvalue weighted by Crippen LogP contribution is -2.44. The lowest BCUT2D eigenvalue weighted by molar-refractivity contribution is -0.139. The number of amides is 1. The molecule has 43 heavy (non-hydrogen) atoms. The molecule has 0 bridgehead atoms. The summed E-state index contributed by atoms with van der Waals surface area (Å²) in [5.74, 6) is -2.24. The van der Waals surface area contributed by atoms with Gasteiger partial charge in [-0.2, -0.15) is 0 Å². The van der Waals surface area contributed by atoms with Gasteiger partial charge in [0, 0.05) is 29.6 Å². The molecule has 0 saturated carbocycles. The fraction of sp³-hybridized carbons (Fsp3) is 0.294. The summed E-state index contributed by atoms with van der Waals surface area (Å²) in [6.45, 7) is 6.89. The van der Waals surface area contributed by atoms with Crippen molar-refractivity contribution in [3.63, 3.8) is 0 Å². The van der Waals surface area contributed by atoms with Gasteiger partial charge in [0.05, 0.1) is 6.04 Å². The second kappa shape index (κ2) is 14.1. The molecule has 1 amide bonds. The maximum atomic E-state index is 14.8. The normalized spacial score (nSPS) is 12.9. The van der Waals surface area contributed by atoms with E-state index in [0.29, 0.717) is 12.1 Å². The van der Waals surface area contributed by atoms with Crippen LogP contribution in [0.2, 0.25) is 0 Å². The zero-order valence-corrected chi connectivity index (χ0v) is 24.5. The molecule has 4 rings (SSSR count). The maximum absolute atomic E-state index is 14.8. The zero-order chi connectivity index (χ0) is 31.0. The van der Waals surface area contributed by atoms with Crippen LogP contribution in [0.3, 0.4) is 0 Å². The van der Waals surface area contributed by atoms with Crippen LogP contribution in [0.4, 0.5) is 13.6 Å². The smallest absolute Gasteiger partial charge is 0.408 e. The van der Waals surface area contributed by atoms with Crippen LogP contribution < -0.4 is 10.6 Å². The van der Waals surface area contributed by atoms with E-state index in [4.69, 9.17) is 4.74 Å². The first kappa shape index (κ1) is 31.4. The standard InChI is InChI=1S/C34H37F2N3O4/c1-34(2,3)31(37-17-16-29(32(40)41)38-33(42)43-22-24-12-8-5-9-13-24)30-18-25(27-19-26(35)14-15-28(27)36)21-39(30)20-23-10-6-4-7-11-23/h4-15,18-19,21,29,31,37H,16-17,20,22H2,1-3H3,(H,38,42)(H,40,41). The number of carbonyl (C=O) groups is 2. The van der Waals surface area contributed by atoms with E-state index in [9.17, 15) is 23.5 Å². The molecule has 1 heterocycles. The summed E-state index contributed by atoms with van der Waals surface area (Å²) in [5.41, 5.74) is 2.98. The lowest BCUT2D eigenvalue weighted by Gasteiger charge is -2.33. The van der Waals surface area contributed by atoms with Crippen LogP contribution in [0.1, 0.15) is 50.1 Å². The lowest BCUT2D eigenvalue weighted by atomic mass is 9.84. The minimum atomic E-state index is -1.18. The minimum Gasteiger partial charge on any atom is -0.480 e. The van der Waals surface area contributed by atoms with Gasteiger partial charge in [-0.25, -0.2) is 18.4 Å². The highest BCUT2D eigenvalue weighted by Crippen LogP contribution is 2.37. The van der Waals surface area contributed by atoms with Crippen molar-refractivity contribution in [2.24, 2.45) is 5.41 Å². The van der Waals surface area contributed by atoms with E-state index < -0.39 is 29.7 Å². The molecular formula is C34H37F2N3O4. The van der Waals surface area contributed by atoms with Crippen LogP contribution in [0.25, 0.3) is 11.1 Å². The van der Waals surface area contributed by atoms with E-state index in [1.165, 1.54) is 6.07 Å². The predicted molar refractivity (Wildman–Crippen MR) is 161 cm³/mol. The number of nitrogens with zero attached hydrogens (tertiary/aromatic N) is 1. The van der Waals surface area contributed by atoms with E-state index in [2.05, 4.69) is 10.6 Å². The predicted octanol–water partition coefficient (Wildman–Crippen LogP) is 6.93. The Balaban J connectivity index is 1.53. The van der Waals surface area contributed by atoms with Gasteiger partial charge in [-0.1, -0.05) is 81.4 Å². The van der Waals surface area contributed by atoms with Crippen LogP contribution >= 0.6 is 0 Å². The fourth-order valence-corrected chi connectivity index (χ4v) is 4.94. The SMILES string of the molecule is CC(C)(C)C(NCCC(NC(=O)OCc1ccccc1)C(=O)O)c1cc(-c2cc(F)ccc2F)cn1Cc1ccccc1. The number of carboxylic acids is 1. The van der Waals surface area contributed by atoms with Gasteiger partial charge < -0.3 is 25.0 Å². The van der Waals surface area contributed by atoms with Crippen LogP contribution in [0.5, 0.6) is 0 Å². The molecule has 0 saturated heterocycles. The highest BCUT2D eigenvalue weighted by molar-refractivity contribution is 5.79. The summed E-state index contributed by atoms with van der Waals surface area (Å²) in [6.07, 6.45) is 1.08. The van der Waals surface area contributed by atoms with Crippen molar-refractivity contribution in [3.05, 3.63) is 120 Å². The summed E-state index contributed by atoms with van der Waals surface area (Å²) in [6, 6.07) is 22.6. The Labute approximate surface area is 250 Å². The second-order valence-electron chi connectivity index (χ2n) is 11.5. The number of ether oxygens (including phenoxy) is 1. The molecule has 2 atom stereocenters. The number of benzene rings is 3. The zero-order valence-electron chi connectivity index (χ0n) is 24.5. The van der Waals surface area contributed by atoms with E-state index in [-0.39, 0.29) is 36.6 Å². The molecule has 0 aliphatic heterocycles. The van der Waals surface area contributed by atoms with Gasteiger partial charge >= 0.3 is 12.1 Å². The average molecular weight is 590 g/mol. The third kappa shape index (κ3) is 8.75. The van der Waals surface area contributed by atoms with Crippen molar-refractivity contribution in [1.29, 1.82) is 0 Å².